The first kappa shape index (κ1) is 15.7. The second-order valence-electron chi connectivity index (χ2n) is 6.08. The van der Waals surface area contributed by atoms with E-state index < -0.39 is 0 Å². The zero-order chi connectivity index (χ0) is 14.6. The molecule has 0 unspecified atom stereocenters. The second kappa shape index (κ2) is 6.19. The Balaban J connectivity index is 2.83. The highest BCUT2D eigenvalue weighted by Gasteiger charge is 2.20. The lowest BCUT2D eigenvalue weighted by molar-refractivity contribution is 0.0523. The van der Waals surface area contributed by atoms with Crippen molar-refractivity contribution >= 4 is 5.97 Å². The van der Waals surface area contributed by atoms with Crippen LogP contribution in [0.15, 0.2) is 6.20 Å². The Hall–Kier alpha value is -1.36. The van der Waals surface area contributed by atoms with E-state index in [9.17, 15) is 4.79 Å². The third kappa shape index (κ3) is 4.67. The zero-order valence-electron chi connectivity index (χ0n) is 12.9. The van der Waals surface area contributed by atoms with E-state index in [4.69, 9.17) is 4.74 Å². The molecule has 0 atom stereocenters. The number of ether oxygens (including phenoxy) is 1. The van der Waals surface area contributed by atoms with Gasteiger partial charge in [-0.2, -0.15) is 5.10 Å². The van der Waals surface area contributed by atoms with E-state index in [2.05, 4.69) is 30.8 Å². The molecule has 0 aliphatic rings. The first-order chi connectivity index (χ1) is 8.74. The predicted octanol–water partition coefficient (Wildman–Crippen LogP) is 2.07. The largest absolute Gasteiger partial charge is 0.462 e. The van der Waals surface area contributed by atoms with Crippen molar-refractivity contribution in [3.05, 3.63) is 17.5 Å². The molecule has 0 aliphatic heterocycles. The Kier molecular flexibility index (Phi) is 5.11. The Morgan fingerprint density at radius 3 is 2.63 bits per heavy atom. The number of nitrogens with zero attached hydrogens (tertiary/aromatic N) is 3. The van der Waals surface area contributed by atoms with Gasteiger partial charge < -0.3 is 9.64 Å². The van der Waals surface area contributed by atoms with Gasteiger partial charge in [0, 0.05) is 20.1 Å². The monoisotopic (exact) mass is 267 g/mol. The van der Waals surface area contributed by atoms with Crippen LogP contribution in [0.25, 0.3) is 0 Å². The van der Waals surface area contributed by atoms with Gasteiger partial charge in [0.15, 0.2) is 0 Å². The molecule has 0 aliphatic carbocycles. The van der Waals surface area contributed by atoms with Crippen LogP contribution in [0.4, 0.5) is 0 Å². The Morgan fingerprint density at radius 1 is 1.47 bits per heavy atom. The molecule has 0 saturated heterocycles. The summed E-state index contributed by atoms with van der Waals surface area (Å²) in [6, 6.07) is 0. The molecule has 0 fully saturated rings. The molecule has 1 rings (SSSR count). The first-order valence-corrected chi connectivity index (χ1v) is 6.61. The van der Waals surface area contributed by atoms with Crippen molar-refractivity contribution in [3.8, 4) is 0 Å². The van der Waals surface area contributed by atoms with E-state index in [1.807, 2.05) is 14.1 Å². The molecule has 0 N–H and O–H groups in total. The van der Waals surface area contributed by atoms with Gasteiger partial charge >= 0.3 is 5.97 Å². The maximum absolute atomic E-state index is 11.9. The lowest BCUT2D eigenvalue weighted by Gasteiger charge is -2.26. The van der Waals surface area contributed by atoms with E-state index in [0.717, 1.165) is 12.2 Å². The minimum absolute atomic E-state index is 0.220. The number of hydrogen-bond donors (Lipinski definition) is 0. The summed E-state index contributed by atoms with van der Waals surface area (Å²) in [7, 11) is 3.90. The van der Waals surface area contributed by atoms with Crippen LogP contribution in [0, 0.1) is 5.41 Å². The molecule has 0 amide bonds. The summed E-state index contributed by atoms with van der Waals surface area (Å²) in [4.78, 5) is 14.0. The number of aryl methyl sites for hydroxylation is 1. The van der Waals surface area contributed by atoms with Crippen molar-refractivity contribution in [1.29, 1.82) is 0 Å². The molecule has 0 bridgehead atoms. The fourth-order valence-corrected chi connectivity index (χ4v) is 2.15. The highest BCUT2D eigenvalue weighted by molar-refractivity contribution is 5.90. The SMILES string of the molecule is CCOC(=O)c1cnn(C)c1CN(C)CC(C)(C)C. The van der Waals surface area contributed by atoms with Crippen LogP contribution in [0.1, 0.15) is 43.7 Å². The van der Waals surface area contributed by atoms with E-state index in [1.165, 1.54) is 0 Å². The van der Waals surface area contributed by atoms with Crippen molar-refractivity contribution in [2.45, 2.75) is 34.2 Å². The summed E-state index contributed by atoms with van der Waals surface area (Å²) in [6.45, 7) is 10.4. The van der Waals surface area contributed by atoms with Gasteiger partial charge in [-0.25, -0.2) is 4.79 Å². The van der Waals surface area contributed by atoms with E-state index >= 15 is 0 Å². The topological polar surface area (TPSA) is 47.4 Å². The number of rotatable bonds is 5. The van der Waals surface area contributed by atoms with Gasteiger partial charge in [-0.1, -0.05) is 20.8 Å². The van der Waals surface area contributed by atoms with Gasteiger partial charge in [-0.05, 0) is 19.4 Å². The van der Waals surface area contributed by atoms with Crippen LogP contribution in [0.5, 0.6) is 0 Å². The Bertz CT molecular complexity index is 432. The summed E-state index contributed by atoms with van der Waals surface area (Å²) in [5.74, 6) is -0.297. The van der Waals surface area contributed by atoms with Crippen LogP contribution >= 0.6 is 0 Å². The lowest BCUT2D eigenvalue weighted by atomic mass is 9.96. The molecule has 0 aromatic carbocycles. The van der Waals surface area contributed by atoms with Crippen molar-refractivity contribution in [2.24, 2.45) is 12.5 Å². The normalized spacial score (nSPS) is 11.9. The minimum Gasteiger partial charge on any atom is -0.462 e. The van der Waals surface area contributed by atoms with Crippen LogP contribution in [0.3, 0.4) is 0 Å². The molecule has 1 aromatic heterocycles. The number of carbonyl (C=O) groups is 1. The highest BCUT2D eigenvalue weighted by Crippen LogP contribution is 2.17. The molecule has 108 valence electrons. The van der Waals surface area contributed by atoms with Crippen LogP contribution in [-0.2, 0) is 18.3 Å². The number of aromatic nitrogens is 2. The number of hydrogen-bond acceptors (Lipinski definition) is 4. The van der Waals surface area contributed by atoms with Crippen LogP contribution in [-0.4, -0.2) is 40.8 Å². The molecule has 5 nitrogen and oxygen atoms in total. The molecule has 5 heteroatoms. The predicted molar refractivity (Wildman–Crippen MR) is 75.0 cm³/mol. The van der Waals surface area contributed by atoms with Crippen molar-refractivity contribution in [2.75, 3.05) is 20.2 Å². The highest BCUT2D eigenvalue weighted by atomic mass is 16.5. The summed E-state index contributed by atoms with van der Waals surface area (Å²) in [5.41, 5.74) is 1.67. The molecule has 19 heavy (non-hydrogen) atoms. The quantitative estimate of drug-likeness (QED) is 0.766. The maximum atomic E-state index is 11.9. The van der Waals surface area contributed by atoms with Gasteiger partial charge in [-0.15, -0.1) is 0 Å². The van der Waals surface area contributed by atoms with Gasteiger partial charge in [0.25, 0.3) is 0 Å². The molecule has 0 spiro atoms. The zero-order valence-corrected chi connectivity index (χ0v) is 12.9. The van der Waals surface area contributed by atoms with E-state index in [0.29, 0.717) is 18.7 Å². The van der Waals surface area contributed by atoms with Gasteiger partial charge in [-0.3, -0.25) is 4.68 Å². The third-order valence-corrected chi connectivity index (χ3v) is 2.72. The third-order valence-electron chi connectivity index (χ3n) is 2.72. The molecule has 1 aromatic rings. The van der Waals surface area contributed by atoms with Crippen LogP contribution in [0.2, 0.25) is 0 Å². The van der Waals surface area contributed by atoms with Crippen molar-refractivity contribution < 1.29 is 9.53 Å². The van der Waals surface area contributed by atoms with Crippen molar-refractivity contribution in [3.63, 3.8) is 0 Å². The van der Waals surface area contributed by atoms with Crippen LogP contribution < -0.4 is 0 Å². The van der Waals surface area contributed by atoms with Gasteiger partial charge in [0.1, 0.15) is 5.56 Å². The fraction of sp³-hybridized carbons (Fsp3) is 0.714. The smallest absolute Gasteiger partial charge is 0.341 e. The number of esters is 1. The number of carbonyl (C=O) groups excluding carboxylic acids is 1. The molecule has 0 radical (unpaired) electrons. The van der Waals surface area contributed by atoms with E-state index in [1.54, 1.807) is 17.8 Å². The van der Waals surface area contributed by atoms with Gasteiger partial charge in [0.2, 0.25) is 0 Å². The summed E-state index contributed by atoms with van der Waals surface area (Å²) < 4.78 is 6.80. The summed E-state index contributed by atoms with van der Waals surface area (Å²) in [5, 5.41) is 4.16. The Morgan fingerprint density at radius 2 is 2.11 bits per heavy atom. The fourth-order valence-electron chi connectivity index (χ4n) is 2.15. The lowest BCUT2D eigenvalue weighted by Crippen LogP contribution is -2.30. The molecule has 0 saturated carbocycles. The first-order valence-electron chi connectivity index (χ1n) is 6.61. The minimum atomic E-state index is -0.297. The average Bonchev–Trinajstić information content (AvgIpc) is 2.58. The molecular weight excluding hydrogens is 242 g/mol. The maximum Gasteiger partial charge on any atom is 0.341 e. The molecule has 1 heterocycles. The summed E-state index contributed by atoms with van der Waals surface area (Å²) >= 11 is 0. The van der Waals surface area contributed by atoms with Crippen molar-refractivity contribution in [1.82, 2.24) is 14.7 Å². The average molecular weight is 267 g/mol. The second-order valence-corrected chi connectivity index (χ2v) is 6.08. The standard InChI is InChI=1S/C14H25N3O2/c1-7-19-13(18)11-8-15-17(6)12(11)9-16(5)10-14(2,3)4/h8H,7,9-10H2,1-6H3. The Labute approximate surface area is 115 Å². The van der Waals surface area contributed by atoms with E-state index in [-0.39, 0.29) is 11.4 Å². The molecular formula is C14H25N3O2. The summed E-state index contributed by atoms with van der Waals surface area (Å²) in [6.07, 6.45) is 1.58. The van der Waals surface area contributed by atoms with Gasteiger partial charge in [0.05, 0.1) is 18.5 Å².